The molecule has 1 aliphatic heterocycles. The molecule has 30 heavy (non-hydrogen) atoms. The maximum atomic E-state index is 12.9. The van der Waals surface area contributed by atoms with Gasteiger partial charge in [0.15, 0.2) is 18.0 Å². The first-order valence-corrected chi connectivity index (χ1v) is 11.1. The van der Waals surface area contributed by atoms with E-state index in [2.05, 4.69) is 28.9 Å². The number of nitrogens with one attached hydrogen (secondary N) is 2. The van der Waals surface area contributed by atoms with Crippen LogP contribution in [0.3, 0.4) is 0 Å². The molecular formula is C23H30N3O3S+. The molecule has 0 fully saturated rings. The molecule has 2 aromatic rings. The molecule has 1 aromatic heterocycles. The Morgan fingerprint density at radius 2 is 2.07 bits per heavy atom. The number of methoxy groups -OCH3 is 2. The number of carbonyl (C=O) groups is 1. The molecule has 160 valence electrons. The third kappa shape index (κ3) is 4.30. The fourth-order valence-corrected chi connectivity index (χ4v) is 4.82. The number of nitriles is 1. The SMILES string of the molecule is COc1cc2c(cc1OC)[C@H](c1cccs1)[NH+](CC(=O)N[C@](C)(C#N)C(C)C)CC2. The van der Waals surface area contributed by atoms with Crippen LogP contribution in [0.4, 0.5) is 0 Å². The van der Waals surface area contributed by atoms with Crippen LogP contribution in [0.1, 0.15) is 42.8 Å². The Hall–Kier alpha value is -2.56. The van der Waals surface area contributed by atoms with Crippen LogP contribution in [0.25, 0.3) is 0 Å². The van der Waals surface area contributed by atoms with Gasteiger partial charge in [0, 0.05) is 12.0 Å². The molecule has 0 saturated carbocycles. The van der Waals surface area contributed by atoms with Gasteiger partial charge < -0.3 is 19.7 Å². The minimum absolute atomic E-state index is 0.0216. The lowest BCUT2D eigenvalue weighted by Gasteiger charge is -2.35. The molecule has 0 aliphatic carbocycles. The van der Waals surface area contributed by atoms with Crippen LogP contribution in [0.15, 0.2) is 29.6 Å². The summed E-state index contributed by atoms with van der Waals surface area (Å²) >= 11 is 1.69. The van der Waals surface area contributed by atoms with Crippen molar-refractivity contribution in [1.82, 2.24) is 5.32 Å². The second-order valence-corrected chi connectivity index (χ2v) is 9.19. The normalized spacial score (nSPS) is 20.0. The highest BCUT2D eigenvalue weighted by atomic mass is 32.1. The number of carbonyl (C=O) groups excluding carboxylic acids is 1. The fraction of sp³-hybridized carbons (Fsp3) is 0.478. The summed E-state index contributed by atoms with van der Waals surface area (Å²) in [7, 11) is 3.28. The Bertz CT molecular complexity index is 936. The van der Waals surface area contributed by atoms with Crippen LogP contribution in [0.2, 0.25) is 0 Å². The lowest BCUT2D eigenvalue weighted by molar-refractivity contribution is -0.919. The molecule has 6 nitrogen and oxygen atoms in total. The summed E-state index contributed by atoms with van der Waals surface area (Å²) in [4.78, 5) is 15.3. The van der Waals surface area contributed by atoms with Crippen molar-refractivity contribution >= 4 is 17.2 Å². The van der Waals surface area contributed by atoms with E-state index in [0.29, 0.717) is 12.3 Å². The number of quaternary nitrogens is 1. The van der Waals surface area contributed by atoms with Gasteiger partial charge in [0.25, 0.3) is 5.91 Å². The van der Waals surface area contributed by atoms with E-state index in [1.165, 1.54) is 15.3 Å². The molecule has 3 atom stereocenters. The Labute approximate surface area is 182 Å². The number of hydrogen-bond acceptors (Lipinski definition) is 5. The van der Waals surface area contributed by atoms with Crippen molar-refractivity contribution in [2.45, 2.75) is 38.8 Å². The Morgan fingerprint density at radius 1 is 1.37 bits per heavy atom. The van der Waals surface area contributed by atoms with Crippen molar-refractivity contribution in [3.05, 3.63) is 45.6 Å². The van der Waals surface area contributed by atoms with Gasteiger partial charge in [0.05, 0.1) is 31.7 Å². The second-order valence-electron chi connectivity index (χ2n) is 8.21. The third-order valence-corrected chi connectivity index (χ3v) is 7.02. The summed E-state index contributed by atoms with van der Waals surface area (Å²) in [6.07, 6.45) is 0.847. The number of rotatable bonds is 7. The molecule has 0 spiro atoms. The Kier molecular flexibility index (Phi) is 6.69. The van der Waals surface area contributed by atoms with Crippen LogP contribution in [0.5, 0.6) is 11.5 Å². The third-order valence-electron chi connectivity index (χ3n) is 6.08. The largest absolute Gasteiger partial charge is 0.493 e. The van der Waals surface area contributed by atoms with E-state index in [1.54, 1.807) is 32.5 Å². The van der Waals surface area contributed by atoms with Crippen molar-refractivity contribution in [2.24, 2.45) is 5.92 Å². The summed E-state index contributed by atoms with van der Waals surface area (Å²) in [5, 5.41) is 14.6. The monoisotopic (exact) mass is 428 g/mol. The van der Waals surface area contributed by atoms with E-state index in [1.807, 2.05) is 26.0 Å². The predicted molar refractivity (Wildman–Crippen MR) is 117 cm³/mol. The molecule has 2 heterocycles. The van der Waals surface area contributed by atoms with Crippen molar-refractivity contribution in [3.63, 3.8) is 0 Å². The molecule has 3 rings (SSSR count). The average molecular weight is 429 g/mol. The zero-order chi connectivity index (χ0) is 21.9. The minimum Gasteiger partial charge on any atom is -0.493 e. The van der Waals surface area contributed by atoms with Gasteiger partial charge in [-0.05, 0) is 42.0 Å². The highest BCUT2D eigenvalue weighted by Crippen LogP contribution is 2.37. The quantitative estimate of drug-likeness (QED) is 0.710. The molecule has 1 aromatic carbocycles. The van der Waals surface area contributed by atoms with Gasteiger partial charge in [-0.25, -0.2) is 0 Å². The van der Waals surface area contributed by atoms with Gasteiger partial charge in [0.2, 0.25) is 0 Å². The van der Waals surface area contributed by atoms with Gasteiger partial charge in [-0.3, -0.25) is 4.79 Å². The van der Waals surface area contributed by atoms with Crippen LogP contribution in [0, 0.1) is 17.2 Å². The zero-order valence-corrected chi connectivity index (χ0v) is 19.1. The molecule has 1 unspecified atom stereocenters. The minimum atomic E-state index is -0.876. The summed E-state index contributed by atoms with van der Waals surface area (Å²) < 4.78 is 11.0. The Morgan fingerprint density at radius 3 is 2.63 bits per heavy atom. The first-order valence-electron chi connectivity index (χ1n) is 10.2. The fourth-order valence-electron chi connectivity index (χ4n) is 3.92. The van der Waals surface area contributed by atoms with Crippen LogP contribution in [-0.2, 0) is 11.2 Å². The average Bonchev–Trinajstić information content (AvgIpc) is 3.26. The zero-order valence-electron chi connectivity index (χ0n) is 18.2. The number of hydrogen-bond donors (Lipinski definition) is 2. The molecule has 0 radical (unpaired) electrons. The topological polar surface area (TPSA) is 75.8 Å². The highest BCUT2D eigenvalue weighted by molar-refractivity contribution is 7.10. The summed E-state index contributed by atoms with van der Waals surface area (Å²) in [6, 6.07) is 10.5. The predicted octanol–water partition coefficient (Wildman–Crippen LogP) is 2.35. The molecule has 7 heteroatoms. The summed E-state index contributed by atoms with van der Waals surface area (Å²) in [5.74, 6) is 1.34. The van der Waals surface area contributed by atoms with Crippen molar-refractivity contribution in [1.29, 1.82) is 5.26 Å². The van der Waals surface area contributed by atoms with Crippen LogP contribution < -0.4 is 19.7 Å². The van der Waals surface area contributed by atoms with E-state index >= 15 is 0 Å². The number of thiophene rings is 1. The molecule has 0 saturated heterocycles. The lowest BCUT2D eigenvalue weighted by atomic mass is 9.89. The number of amides is 1. The summed E-state index contributed by atoms with van der Waals surface area (Å²) in [5.41, 5.74) is 1.51. The lowest BCUT2D eigenvalue weighted by Crippen LogP contribution is -3.14. The van der Waals surface area contributed by atoms with Gasteiger partial charge in [-0.2, -0.15) is 5.26 Å². The van der Waals surface area contributed by atoms with E-state index in [-0.39, 0.29) is 17.9 Å². The molecule has 1 amide bonds. The number of fused-ring (bicyclic) bond motifs is 1. The van der Waals surface area contributed by atoms with Crippen LogP contribution >= 0.6 is 11.3 Å². The van der Waals surface area contributed by atoms with E-state index in [9.17, 15) is 10.1 Å². The maximum Gasteiger partial charge on any atom is 0.276 e. The van der Waals surface area contributed by atoms with Crippen molar-refractivity contribution in [3.8, 4) is 17.6 Å². The second kappa shape index (κ2) is 9.07. The molecule has 2 N–H and O–H groups in total. The number of nitrogens with zero attached hydrogens (tertiary/aromatic N) is 1. The van der Waals surface area contributed by atoms with Gasteiger partial charge in [-0.1, -0.05) is 19.9 Å². The van der Waals surface area contributed by atoms with Crippen molar-refractivity contribution < 1.29 is 19.2 Å². The van der Waals surface area contributed by atoms with E-state index < -0.39 is 5.54 Å². The van der Waals surface area contributed by atoms with Gasteiger partial charge in [0.1, 0.15) is 11.6 Å². The number of benzene rings is 1. The first-order chi connectivity index (χ1) is 14.3. The van der Waals surface area contributed by atoms with Crippen molar-refractivity contribution in [2.75, 3.05) is 27.3 Å². The standard InChI is InChI=1S/C23H29N3O3S/c1-15(2)23(3,14-24)25-21(27)13-26-9-8-16-11-18(28-4)19(29-5)12-17(16)22(26)20-7-6-10-30-20/h6-7,10-12,15,22H,8-9,13H2,1-5H3,(H,25,27)/p+1/t22-,23-/m1/s1. The van der Waals surface area contributed by atoms with Gasteiger partial charge in [-0.15, -0.1) is 11.3 Å². The van der Waals surface area contributed by atoms with E-state index in [0.717, 1.165) is 24.3 Å². The van der Waals surface area contributed by atoms with E-state index in [4.69, 9.17) is 9.47 Å². The molecule has 1 aliphatic rings. The summed E-state index contributed by atoms with van der Waals surface area (Å²) in [6.45, 7) is 6.80. The molecule has 0 bridgehead atoms. The number of ether oxygens (including phenoxy) is 2. The van der Waals surface area contributed by atoms with Crippen LogP contribution in [-0.4, -0.2) is 38.8 Å². The highest BCUT2D eigenvalue weighted by Gasteiger charge is 2.37. The Balaban J connectivity index is 1.93. The maximum absolute atomic E-state index is 12.9. The molecular weight excluding hydrogens is 398 g/mol. The van der Waals surface area contributed by atoms with Gasteiger partial charge >= 0.3 is 0 Å². The smallest absolute Gasteiger partial charge is 0.276 e. The first kappa shape index (κ1) is 22.1.